The molecule has 1 aromatic rings. The van der Waals surface area contributed by atoms with Crippen LogP contribution in [0.1, 0.15) is 27.2 Å². The quantitative estimate of drug-likeness (QED) is 0.899. The third kappa shape index (κ3) is 2.32. The third-order valence-electron chi connectivity index (χ3n) is 3.62. The first-order valence-electron chi connectivity index (χ1n) is 6.53. The molecule has 0 radical (unpaired) electrons. The molecule has 1 unspecified atom stereocenters. The van der Waals surface area contributed by atoms with Gasteiger partial charge in [-0.3, -0.25) is 9.69 Å². The van der Waals surface area contributed by atoms with Crippen LogP contribution in [0.5, 0.6) is 0 Å². The van der Waals surface area contributed by atoms with Gasteiger partial charge in [-0.1, -0.05) is 6.92 Å². The van der Waals surface area contributed by atoms with Crippen molar-refractivity contribution in [1.82, 2.24) is 0 Å². The molecule has 1 heterocycles. The highest BCUT2D eigenvalue weighted by atomic mass is 19.2. The monoisotopic (exact) mass is 298 g/mol. The van der Waals surface area contributed by atoms with E-state index in [9.17, 15) is 23.5 Å². The maximum absolute atomic E-state index is 13.5. The molecule has 2 rings (SSSR count). The summed E-state index contributed by atoms with van der Waals surface area (Å²) in [6.45, 7) is 4.43. The summed E-state index contributed by atoms with van der Waals surface area (Å²) in [6.07, 6.45) is 0.392. The van der Waals surface area contributed by atoms with Crippen molar-refractivity contribution in [2.24, 2.45) is 0 Å². The topological polar surface area (TPSA) is 69.6 Å². The summed E-state index contributed by atoms with van der Waals surface area (Å²) in [7, 11) is 0. The number of hydrogen-bond donors (Lipinski definition) is 2. The second-order valence-corrected chi connectivity index (χ2v) is 5.43. The lowest BCUT2D eigenvalue weighted by Crippen LogP contribution is -2.59. The lowest BCUT2D eigenvalue weighted by atomic mass is 9.96. The number of hydrogen-bond acceptors (Lipinski definition) is 3. The van der Waals surface area contributed by atoms with Gasteiger partial charge in [0.1, 0.15) is 11.6 Å². The minimum absolute atomic E-state index is 0.0241. The van der Waals surface area contributed by atoms with E-state index in [4.69, 9.17) is 0 Å². The summed E-state index contributed by atoms with van der Waals surface area (Å²) in [5.74, 6) is -3.91. The van der Waals surface area contributed by atoms with Crippen LogP contribution in [0.25, 0.3) is 0 Å². The van der Waals surface area contributed by atoms with Crippen molar-refractivity contribution < 1.29 is 23.5 Å². The SMILES string of the molecule is CCC1Nc2cc(F)c(F)cc2N(C(C)(C)C(=O)O)C1=O. The zero-order valence-electron chi connectivity index (χ0n) is 11.9. The Kier molecular flexibility index (Phi) is 3.61. The lowest BCUT2D eigenvalue weighted by molar-refractivity contribution is -0.144. The summed E-state index contributed by atoms with van der Waals surface area (Å²) in [4.78, 5) is 24.9. The highest BCUT2D eigenvalue weighted by molar-refractivity contribution is 6.09. The molecule has 0 aliphatic carbocycles. The molecule has 0 saturated heterocycles. The molecule has 1 aliphatic rings. The van der Waals surface area contributed by atoms with Crippen molar-refractivity contribution in [2.75, 3.05) is 10.2 Å². The maximum Gasteiger partial charge on any atom is 0.329 e. The number of halogens is 2. The number of amides is 1. The van der Waals surface area contributed by atoms with Crippen LogP contribution in [-0.2, 0) is 9.59 Å². The van der Waals surface area contributed by atoms with Crippen LogP contribution in [0.15, 0.2) is 12.1 Å². The van der Waals surface area contributed by atoms with Gasteiger partial charge in [0.2, 0.25) is 0 Å². The zero-order chi connectivity index (χ0) is 15.9. The molecule has 21 heavy (non-hydrogen) atoms. The standard InChI is InChI=1S/C14H16F2N2O3/c1-4-9-12(19)18(14(2,3)13(20)21)11-6-8(16)7(15)5-10(11)17-9/h5-6,9,17H,4H2,1-3H3,(H,20,21). The highest BCUT2D eigenvalue weighted by Crippen LogP contribution is 2.38. The van der Waals surface area contributed by atoms with Gasteiger partial charge in [-0.25, -0.2) is 13.6 Å². The molecule has 0 spiro atoms. The fourth-order valence-corrected chi connectivity index (χ4v) is 2.31. The van der Waals surface area contributed by atoms with Crippen LogP contribution >= 0.6 is 0 Å². The van der Waals surface area contributed by atoms with Gasteiger partial charge in [-0.05, 0) is 20.3 Å². The predicted molar refractivity (Wildman–Crippen MR) is 73.3 cm³/mol. The Hall–Kier alpha value is -2.18. The molecule has 2 N–H and O–H groups in total. The molecular weight excluding hydrogens is 282 g/mol. The number of fused-ring (bicyclic) bond motifs is 1. The Bertz CT molecular complexity index is 616. The van der Waals surface area contributed by atoms with Gasteiger partial charge in [0, 0.05) is 12.1 Å². The van der Waals surface area contributed by atoms with Gasteiger partial charge in [-0.15, -0.1) is 0 Å². The van der Waals surface area contributed by atoms with E-state index in [0.717, 1.165) is 17.0 Å². The van der Waals surface area contributed by atoms with Gasteiger partial charge < -0.3 is 10.4 Å². The molecule has 1 aliphatic heterocycles. The van der Waals surface area contributed by atoms with Crippen molar-refractivity contribution in [3.63, 3.8) is 0 Å². The first-order valence-corrected chi connectivity index (χ1v) is 6.53. The van der Waals surface area contributed by atoms with E-state index in [1.54, 1.807) is 6.92 Å². The van der Waals surface area contributed by atoms with E-state index in [1.807, 2.05) is 0 Å². The van der Waals surface area contributed by atoms with E-state index >= 15 is 0 Å². The van der Waals surface area contributed by atoms with Crippen molar-refractivity contribution in [3.05, 3.63) is 23.8 Å². The van der Waals surface area contributed by atoms with E-state index in [2.05, 4.69) is 5.32 Å². The average molecular weight is 298 g/mol. The van der Waals surface area contributed by atoms with Gasteiger partial charge in [0.15, 0.2) is 11.6 Å². The van der Waals surface area contributed by atoms with E-state index in [-0.39, 0.29) is 11.4 Å². The molecule has 1 aromatic carbocycles. The fourth-order valence-electron chi connectivity index (χ4n) is 2.31. The van der Waals surface area contributed by atoms with Crippen molar-refractivity contribution in [1.29, 1.82) is 0 Å². The minimum Gasteiger partial charge on any atom is -0.480 e. The number of aliphatic carboxylic acids is 1. The number of carboxylic acid groups (broad SMARTS) is 1. The molecule has 0 bridgehead atoms. The Morgan fingerprint density at radius 1 is 1.38 bits per heavy atom. The second kappa shape index (κ2) is 4.98. The van der Waals surface area contributed by atoms with Crippen LogP contribution in [0.2, 0.25) is 0 Å². The Balaban J connectivity index is 2.66. The van der Waals surface area contributed by atoms with Gasteiger partial charge >= 0.3 is 5.97 Å². The normalized spacial score (nSPS) is 18.2. The molecule has 7 heteroatoms. The Morgan fingerprint density at radius 3 is 2.48 bits per heavy atom. The molecule has 5 nitrogen and oxygen atoms in total. The first-order chi connectivity index (χ1) is 9.70. The van der Waals surface area contributed by atoms with Crippen LogP contribution in [0.3, 0.4) is 0 Å². The maximum atomic E-state index is 13.5. The van der Waals surface area contributed by atoms with Gasteiger partial charge in [-0.2, -0.15) is 0 Å². The van der Waals surface area contributed by atoms with E-state index in [0.29, 0.717) is 6.42 Å². The van der Waals surface area contributed by atoms with Gasteiger partial charge in [0.05, 0.1) is 11.4 Å². The lowest BCUT2D eigenvalue weighted by Gasteiger charge is -2.42. The number of anilines is 2. The summed E-state index contributed by atoms with van der Waals surface area (Å²) in [6, 6.07) is 1.09. The summed E-state index contributed by atoms with van der Waals surface area (Å²) in [5.41, 5.74) is -1.35. The molecule has 1 amide bonds. The fraction of sp³-hybridized carbons (Fsp3) is 0.429. The van der Waals surface area contributed by atoms with Crippen LogP contribution in [0, 0.1) is 11.6 Å². The number of nitrogens with one attached hydrogen (secondary N) is 1. The minimum atomic E-state index is -1.58. The van der Waals surface area contributed by atoms with Crippen molar-refractivity contribution >= 4 is 23.3 Å². The second-order valence-electron chi connectivity index (χ2n) is 5.43. The van der Waals surface area contributed by atoms with Crippen molar-refractivity contribution in [2.45, 2.75) is 38.8 Å². The average Bonchev–Trinajstić information content (AvgIpc) is 2.39. The van der Waals surface area contributed by atoms with Crippen molar-refractivity contribution in [3.8, 4) is 0 Å². The number of carbonyl (C=O) groups is 2. The molecule has 114 valence electrons. The largest absolute Gasteiger partial charge is 0.480 e. The summed E-state index contributed by atoms with van der Waals surface area (Å²) >= 11 is 0. The zero-order valence-corrected chi connectivity index (χ0v) is 11.9. The highest BCUT2D eigenvalue weighted by Gasteiger charge is 2.44. The van der Waals surface area contributed by atoms with Crippen LogP contribution in [0.4, 0.5) is 20.2 Å². The molecule has 0 aromatic heterocycles. The molecule has 1 atom stereocenters. The number of carbonyl (C=O) groups excluding carboxylic acids is 1. The van der Waals surface area contributed by atoms with Gasteiger partial charge in [0.25, 0.3) is 5.91 Å². The Morgan fingerprint density at radius 2 is 1.95 bits per heavy atom. The smallest absolute Gasteiger partial charge is 0.329 e. The summed E-state index contributed by atoms with van der Waals surface area (Å²) < 4.78 is 26.9. The predicted octanol–water partition coefficient (Wildman–Crippen LogP) is 2.37. The number of carboxylic acids is 1. The van der Waals surface area contributed by atoms with E-state index in [1.165, 1.54) is 13.8 Å². The molecule has 0 saturated carbocycles. The number of nitrogens with zero attached hydrogens (tertiary/aromatic N) is 1. The molecule has 0 fully saturated rings. The van der Waals surface area contributed by atoms with Crippen LogP contribution in [-0.4, -0.2) is 28.6 Å². The number of rotatable bonds is 3. The summed E-state index contributed by atoms with van der Waals surface area (Å²) in [5, 5.41) is 12.2. The molecular formula is C14H16F2N2O3. The van der Waals surface area contributed by atoms with Crippen LogP contribution < -0.4 is 10.2 Å². The Labute approximate surface area is 120 Å². The van der Waals surface area contributed by atoms with E-state index < -0.39 is 35.1 Å². The third-order valence-corrected chi connectivity index (χ3v) is 3.62. The first kappa shape index (κ1) is 15.2. The number of benzene rings is 1.